The molecule has 2 aromatic rings. The second-order valence-corrected chi connectivity index (χ2v) is 4.03. The monoisotopic (exact) mass is 263 g/mol. The molecule has 2 rings (SSSR count). The van der Waals surface area contributed by atoms with Crippen LogP contribution in [0.15, 0.2) is 48.7 Å². The Labute approximate surface area is 111 Å². The molecule has 4 heteroatoms. The van der Waals surface area contributed by atoms with Gasteiger partial charge in [0.1, 0.15) is 17.5 Å². The van der Waals surface area contributed by atoms with E-state index in [-0.39, 0.29) is 0 Å². The summed E-state index contributed by atoms with van der Waals surface area (Å²) in [5.74, 6) is 0.848. The van der Waals surface area contributed by atoms with Crippen molar-refractivity contribution >= 4 is 11.6 Å². The number of rotatable bonds is 6. The number of nitrogens with zero attached hydrogens (tertiary/aromatic N) is 1. The molecular weight excluding hydrogens is 250 g/mol. The Hall–Kier alpha value is -1.58. The van der Waals surface area contributed by atoms with Gasteiger partial charge in [-0.25, -0.2) is 4.98 Å². The van der Waals surface area contributed by atoms with E-state index in [9.17, 15) is 0 Å². The normalized spacial score (nSPS) is 10.3. The van der Waals surface area contributed by atoms with Crippen LogP contribution in [0, 0.1) is 0 Å². The molecule has 0 unspecified atom stereocenters. The fourth-order valence-corrected chi connectivity index (χ4v) is 1.62. The van der Waals surface area contributed by atoms with E-state index in [1.807, 2.05) is 42.5 Å². The molecule has 18 heavy (non-hydrogen) atoms. The van der Waals surface area contributed by atoms with Crippen molar-refractivity contribution in [2.24, 2.45) is 0 Å². The Balaban J connectivity index is 1.66. The minimum Gasteiger partial charge on any atom is -0.491 e. The summed E-state index contributed by atoms with van der Waals surface area (Å²) in [4.78, 5) is 3.98. The number of halogens is 1. The lowest BCUT2D eigenvalue weighted by molar-refractivity contribution is 0.0888. The van der Waals surface area contributed by atoms with Crippen molar-refractivity contribution in [1.29, 1.82) is 0 Å². The van der Waals surface area contributed by atoms with E-state index in [0.29, 0.717) is 25.0 Å². The van der Waals surface area contributed by atoms with Gasteiger partial charge in [-0.05, 0) is 18.2 Å². The zero-order valence-corrected chi connectivity index (χ0v) is 10.6. The van der Waals surface area contributed by atoms with Crippen molar-refractivity contribution < 1.29 is 9.47 Å². The van der Waals surface area contributed by atoms with Crippen LogP contribution in [0.1, 0.15) is 5.56 Å². The minimum absolute atomic E-state index is 0.449. The highest BCUT2D eigenvalue weighted by Crippen LogP contribution is 2.12. The Kier molecular flexibility index (Phi) is 5.00. The largest absolute Gasteiger partial charge is 0.491 e. The number of ether oxygens (including phenoxy) is 2. The molecule has 0 aliphatic heterocycles. The Bertz CT molecular complexity index is 476. The van der Waals surface area contributed by atoms with Gasteiger partial charge in [-0.1, -0.05) is 35.9 Å². The summed E-state index contributed by atoms with van der Waals surface area (Å²) in [5.41, 5.74) is 0.888. The third-order valence-corrected chi connectivity index (χ3v) is 2.67. The van der Waals surface area contributed by atoms with Crippen molar-refractivity contribution in [1.82, 2.24) is 4.98 Å². The average Bonchev–Trinajstić information content (AvgIpc) is 2.42. The van der Waals surface area contributed by atoms with E-state index in [1.165, 1.54) is 0 Å². The van der Waals surface area contributed by atoms with Crippen molar-refractivity contribution in [2.75, 3.05) is 13.2 Å². The SMILES string of the molecule is Clc1ncccc1COCCOc1ccccc1. The first-order valence-electron chi connectivity index (χ1n) is 5.71. The van der Waals surface area contributed by atoms with E-state index in [1.54, 1.807) is 6.20 Å². The summed E-state index contributed by atoms with van der Waals surface area (Å²) in [7, 11) is 0. The van der Waals surface area contributed by atoms with Gasteiger partial charge in [-0.2, -0.15) is 0 Å². The highest BCUT2D eigenvalue weighted by molar-refractivity contribution is 6.30. The molecule has 3 nitrogen and oxygen atoms in total. The first-order valence-corrected chi connectivity index (χ1v) is 6.09. The highest BCUT2D eigenvalue weighted by atomic mass is 35.5. The fraction of sp³-hybridized carbons (Fsp3) is 0.214. The minimum atomic E-state index is 0.449. The van der Waals surface area contributed by atoms with Crippen LogP contribution in [-0.4, -0.2) is 18.2 Å². The first kappa shape index (κ1) is 12.9. The lowest BCUT2D eigenvalue weighted by atomic mass is 10.3. The number of benzene rings is 1. The quantitative estimate of drug-likeness (QED) is 0.592. The second-order valence-electron chi connectivity index (χ2n) is 3.67. The summed E-state index contributed by atoms with van der Waals surface area (Å²) >= 11 is 5.91. The van der Waals surface area contributed by atoms with E-state index < -0.39 is 0 Å². The topological polar surface area (TPSA) is 31.4 Å². The molecule has 0 N–H and O–H groups in total. The summed E-state index contributed by atoms with van der Waals surface area (Å²) in [6.07, 6.45) is 1.66. The zero-order valence-electron chi connectivity index (χ0n) is 9.88. The van der Waals surface area contributed by atoms with Gasteiger partial charge in [0.25, 0.3) is 0 Å². The maximum Gasteiger partial charge on any atom is 0.134 e. The summed E-state index contributed by atoms with van der Waals surface area (Å²) < 4.78 is 11.0. The second kappa shape index (κ2) is 6.99. The first-order chi connectivity index (χ1) is 8.86. The number of para-hydroxylation sites is 1. The molecule has 0 aliphatic rings. The number of aromatic nitrogens is 1. The molecule has 0 fully saturated rings. The number of pyridine rings is 1. The van der Waals surface area contributed by atoms with Gasteiger partial charge in [-0.15, -0.1) is 0 Å². The number of hydrogen-bond acceptors (Lipinski definition) is 3. The molecule has 1 heterocycles. The van der Waals surface area contributed by atoms with Crippen LogP contribution in [0.25, 0.3) is 0 Å². The molecule has 0 spiro atoms. The Morgan fingerprint density at radius 2 is 1.83 bits per heavy atom. The van der Waals surface area contributed by atoms with Crippen LogP contribution in [0.2, 0.25) is 5.15 Å². The molecule has 0 atom stereocenters. The summed E-state index contributed by atoms with van der Waals surface area (Å²) in [6, 6.07) is 13.4. The van der Waals surface area contributed by atoms with Crippen LogP contribution in [0.4, 0.5) is 0 Å². The predicted molar refractivity (Wildman–Crippen MR) is 70.8 cm³/mol. The van der Waals surface area contributed by atoms with Gasteiger partial charge < -0.3 is 9.47 Å². The molecule has 1 aromatic carbocycles. The summed E-state index contributed by atoms with van der Waals surface area (Å²) in [5, 5.41) is 0.487. The van der Waals surface area contributed by atoms with Gasteiger partial charge in [0.2, 0.25) is 0 Å². The lowest BCUT2D eigenvalue weighted by Gasteiger charge is -2.07. The van der Waals surface area contributed by atoms with Crippen LogP contribution < -0.4 is 4.74 Å². The lowest BCUT2D eigenvalue weighted by Crippen LogP contribution is -2.06. The molecule has 0 radical (unpaired) electrons. The number of hydrogen-bond donors (Lipinski definition) is 0. The van der Waals surface area contributed by atoms with Crippen LogP contribution in [-0.2, 0) is 11.3 Å². The van der Waals surface area contributed by atoms with Gasteiger partial charge in [-0.3, -0.25) is 0 Å². The molecule has 1 aromatic heterocycles. The van der Waals surface area contributed by atoms with Crippen molar-refractivity contribution in [3.8, 4) is 5.75 Å². The molecule has 0 bridgehead atoms. The standard InChI is InChI=1S/C14H14ClNO2/c15-14-12(5-4-8-16-14)11-17-9-10-18-13-6-2-1-3-7-13/h1-8H,9-11H2. The van der Waals surface area contributed by atoms with Crippen molar-refractivity contribution in [3.63, 3.8) is 0 Å². The summed E-state index contributed by atoms with van der Waals surface area (Å²) in [6.45, 7) is 1.48. The van der Waals surface area contributed by atoms with Gasteiger partial charge in [0.15, 0.2) is 0 Å². The smallest absolute Gasteiger partial charge is 0.134 e. The molecule has 94 valence electrons. The third-order valence-electron chi connectivity index (χ3n) is 2.33. The van der Waals surface area contributed by atoms with E-state index >= 15 is 0 Å². The van der Waals surface area contributed by atoms with E-state index in [4.69, 9.17) is 21.1 Å². The molecule has 0 amide bonds. The molecule has 0 aliphatic carbocycles. The van der Waals surface area contributed by atoms with Crippen molar-refractivity contribution in [2.45, 2.75) is 6.61 Å². The molecular formula is C14H14ClNO2. The third kappa shape index (κ3) is 4.02. The van der Waals surface area contributed by atoms with Gasteiger partial charge in [0, 0.05) is 11.8 Å². The molecule has 0 saturated carbocycles. The predicted octanol–water partition coefficient (Wildman–Crippen LogP) is 3.33. The molecule has 0 saturated heterocycles. The fourth-order valence-electron chi connectivity index (χ4n) is 1.44. The van der Waals surface area contributed by atoms with Crippen LogP contribution >= 0.6 is 11.6 Å². The van der Waals surface area contributed by atoms with E-state index in [0.717, 1.165) is 11.3 Å². The van der Waals surface area contributed by atoms with Gasteiger partial charge in [0.05, 0.1) is 13.2 Å². The Morgan fingerprint density at radius 3 is 2.61 bits per heavy atom. The van der Waals surface area contributed by atoms with Crippen LogP contribution in [0.5, 0.6) is 5.75 Å². The maximum absolute atomic E-state index is 5.91. The van der Waals surface area contributed by atoms with Crippen LogP contribution in [0.3, 0.4) is 0 Å². The van der Waals surface area contributed by atoms with E-state index in [2.05, 4.69) is 4.98 Å². The highest BCUT2D eigenvalue weighted by Gasteiger charge is 2.00. The van der Waals surface area contributed by atoms with Crippen molar-refractivity contribution in [3.05, 3.63) is 59.4 Å². The zero-order chi connectivity index (χ0) is 12.6. The average molecular weight is 264 g/mol. The Morgan fingerprint density at radius 1 is 1.00 bits per heavy atom. The maximum atomic E-state index is 5.91. The van der Waals surface area contributed by atoms with Gasteiger partial charge >= 0.3 is 0 Å².